The number of nitrogens with one attached hydrogen (secondary N) is 2. The van der Waals surface area contributed by atoms with Crippen LogP contribution in [0.3, 0.4) is 0 Å². The third-order valence-corrected chi connectivity index (χ3v) is 3.36. The van der Waals surface area contributed by atoms with Crippen LogP contribution in [0, 0.1) is 6.92 Å². The maximum Gasteiger partial charge on any atom is 0.242 e. The Morgan fingerprint density at radius 1 is 1.32 bits per heavy atom. The summed E-state index contributed by atoms with van der Waals surface area (Å²) in [5, 5.41) is 14.5. The molecule has 0 saturated carbocycles. The standard InChI is InChI=1S/C15H24N6O/c1-11(2)21-14(5-6-17-21)19-15(22)13(4)16-7-8-20-10-12(3)9-18-20/h5-6,9-11,13,16H,7-8H2,1-4H3,(H,19,22)/t13-/m1/s1. The van der Waals surface area contributed by atoms with Gasteiger partial charge in [-0.25, -0.2) is 4.68 Å². The second-order valence-electron chi connectivity index (χ2n) is 5.70. The lowest BCUT2D eigenvalue weighted by Gasteiger charge is -2.16. The first-order valence-corrected chi connectivity index (χ1v) is 7.54. The van der Waals surface area contributed by atoms with E-state index in [4.69, 9.17) is 0 Å². The smallest absolute Gasteiger partial charge is 0.242 e. The number of hydrogen-bond donors (Lipinski definition) is 2. The van der Waals surface area contributed by atoms with Crippen LogP contribution in [0.25, 0.3) is 0 Å². The number of rotatable bonds is 7. The molecule has 0 aliphatic rings. The maximum absolute atomic E-state index is 12.2. The van der Waals surface area contributed by atoms with Crippen LogP contribution >= 0.6 is 0 Å². The van der Waals surface area contributed by atoms with E-state index in [9.17, 15) is 4.79 Å². The van der Waals surface area contributed by atoms with Gasteiger partial charge in [-0.3, -0.25) is 9.48 Å². The quantitative estimate of drug-likeness (QED) is 0.814. The van der Waals surface area contributed by atoms with E-state index in [1.807, 2.05) is 44.8 Å². The molecule has 0 spiro atoms. The molecule has 2 aromatic rings. The van der Waals surface area contributed by atoms with Crippen molar-refractivity contribution in [3.05, 3.63) is 30.2 Å². The van der Waals surface area contributed by atoms with Gasteiger partial charge in [0.15, 0.2) is 0 Å². The second-order valence-corrected chi connectivity index (χ2v) is 5.70. The van der Waals surface area contributed by atoms with Crippen molar-refractivity contribution in [3.63, 3.8) is 0 Å². The van der Waals surface area contributed by atoms with Crippen LogP contribution in [0.5, 0.6) is 0 Å². The number of carbonyl (C=O) groups excluding carboxylic acids is 1. The van der Waals surface area contributed by atoms with Crippen molar-refractivity contribution in [2.45, 2.75) is 46.3 Å². The van der Waals surface area contributed by atoms with E-state index < -0.39 is 0 Å². The van der Waals surface area contributed by atoms with Crippen molar-refractivity contribution in [3.8, 4) is 0 Å². The van der Waals surface area contributed by atoms with Gasteiger partial charge < -0.3 is 10.6 Å². The molecule has 120 valence electrons. The Kier molecular flexibility index (Phi) is 5.32. The van der Waals surface area contributed by atoms with E-state index in [-0.39, 0.29) is 18.0 Å². The average Bonchev–Trinajstić information content (AvgIpc) is 3.07. The van der Waals surface area contributed by atoms with Crippen LogP contribution in [-0.2, 0) is 11.3 Å². The summed E-state index contributed by atoms with van der Waals surface area (Å²) in [7, 11) is 0. The Balaban J connectivity index is 1.80. The first-order chi connectivity index (χ1) is 10.5. The molecule has 0 aromatic carbocycles. The second kappa shape index (κ2) is 7.22. The minimum Gasteiger partial charge on any atom is -0.310 e. The van der Waals surface area contributed by atoms with Crippen LogP contribution in [0.1, 0.15) is 32.4 Å². The third-order valence-electron chi connectivity index (χ3n) is 3.36. The molecule has 7 nitrogen and oxygen atoms in total. The molecule has 2 rings (SSSR count). The highest BCUT2D eigenvalue weighted by atomic mass is 16.2. The summed E-state index contributed by atoms with van der Waals surface area (Å²) in [6.45, 7) is 9.31. The summed E-state index contributed by atoms with van der Waals surface area (Å²) in [6.07, 6.45) is 5.49. The summed E-state index contributed by atoms with van der Waals surface area (Å²) < 4.78 is 3.65. The zero-order valence-electron chi connectivity index (χ0n) is 13.6. The normalized spacial score (nSPS) is 12.6. The van der Waals surface area contributed by atoms with Crippen LogP contribution in [0.2, 0.25) is 0 Å². The Bertz CT molecular complexity index is 615. The fourth-order valence-corrected chi connectivity index (χ4v) is 2.14. The highest BCUT2D eigenvalue weighted by Gasteiger charge is 2.15. The molecular weight excluding hydrogens is 280 g/mol. The summed E-state index contributed by atoms with van der Waals surface area (Å²) in [4.78, 5) is 12.2. The van der Waals surface area contributed by atoms with Gasteiger partial charge in [0.05, 0.1) is 25.0 Å². The molecule has 2 heterocycles. The predicted molar refractivity (Wildman–Crippen MR) is 85.7 cm³/mol. The number of carbonyl (C=O) groups is 1. The van der Waals surface area contributed by atoms with Gasteiger partial charge in [-0.1, -0.05) is 0 Å². The van der Waals surface area contributed by atoms with Gasteiger partial charge in [0.1, 0.15) is 5.82 Å². The van der Waals surface area contributed by atoms with Gasteiger partial charge in [-0.15, -0.1) is 0 Å². The lowest BCUT2D eigenvalue weighted by molar-refractivity contribution is -0.117. The number of aryl methyl sites for hydroxylation is 1. The molecule has 0 aliphatic carbocycles. The highest BCUT2D eigenvalue weighted by Crippen LogP contribution is 2.13. The van der Waals surface area contributed by atoms with Crippen LogP contribution < -0.4 is 10.6 Å². The van der Waals surface area contributed by atoms with Crippen molar-refractivity contribution >= 4 is 11.7 Å². The van der Waals surface area contributed by atoms with Crippen molar-refractivity contribution < 1.29 is 4.79 Å². The first kappa shape index (κ1) is 16.2. The topological polar surface area (TPSA) is 76.8 Å². The molecule has 0 aliphatic heterocycles. The summed E-state index contributed by atoms with van der Waals surface area (Å²) in [5.74, 6) is 0.649. The van der Waals surface area contributed by atoms with Gasteiger partial charge in [0, 0.05) is 24.8 Å². The molecule has 2 N–H and O–H groups in total. The molecule has 0 bridgehead atoms. The van der Waals surface area contributed by atoms with Crippen molar-refractivity contribution in [1.82, 2.24) is 24.9 Å². The van der Waals surface area contributed by atoms with E-state index in [0.717, 1.165) is 17.9 Å². The van der Waals surface area contributed by atoms with Crippen LogP contribution in [0.4, 0.5) is 5.82 Å². The fourth-order valence-electron chi connectivity index (χ4n) is 2.14. The lowest BCUT2D eigenvalue weighted by atomic mass is 10.3. The van der Waals surface area contributed by atoms with Gasteiger partial charge in [-0.05, 0) is 33.3 Å². The number of aromatic nitrogens is 4. The highest BCUT2D eigenvalue weighted by molar-refractivity contribution is 5.93. The van der Waals surface area contributed by atoms with Gasteiger partial charge in [0.2, 0.25) is 5.91 Å². The number of nitrogens with zero attached hydrogens (tertiary/aromatic N) is 4. The van der Waals surface area contributed by atoms with Crippen LogP contribution in [0.15, 0.2) is 24.7 Å². The van der Waals surface area contributed by atoms with Crippen LogP contribution in [-0.4, -0.2) is 38.1 Å². The lowest BCUT2D eigenvalue weighted by Crippen LogP contribution is -2.40. The molecule has 0 fully saturated rings. The molecule has 1 atom stereocenters. The largest absolute Gasteiger partial charge is 0.310 e. The molecule has 0 saturated heterocycles. The maximum atomic E-state index is 12.2. The fraction of sp³-hybridized carbons (Fsp3) is 0.533. The zero-order chi connectivity index (χ0) is 16.1. The minimum absolute atomic E-state index is 0.0703. The van der Waals surface area contributed by atoms with E-state index in [1.165, 1.54) is 0 Å². The van der Waals surface area contributed by atoms with Gasteiger partial charge >= 0.3 is 0 Å². The summed E-state index contributed by atoms with van der Waals surface area (Å²) in [5.41, 5.74) is 1.13. The first-order valence-electron chi connectivity index (χ1n) is 7.54. The van der Waals surface area contributed by atoms with Crippen molar-refractivity contribution in [1.29, 1.82) is 0 Å². The summed E-state index contributed by atoms with van der Waals surface area (Å²) >= 11 is 0. The number of amides is 1. The molecule has 1 amide bonds. The summed E-state index contributed by atoms with van der Waals surface area (Å²) in [6, 6.07) is 1.72. The van der Waals surface area contributed by atoms with E-state index >= 15 is 0 Å². The predicted octanol–water partition coefficient (Wildman–Crippen LogP) is 1.59. The molecule has 0 radical (unpaired) electrons. The van der Waals surface area contributed by atoms with E-state index in [1.54, 1.807) is 16.9 Å². The minimum atomic E-state index is -0.285. The van der Waals surface area contributed by atoms with E-state index in [2.05, 4.69) is 20.8 Å². The Morgan fingerprint density at radius 3 is 2.73 bits per heavy atom. The Labute approximate surface area is 130 Å². The molecule has 22 heavy (non-hydrogen) atoms. The average molecular weight is 304 g/mol. The van der Waals surface area contributed by atoms with Gasteiger partial charge in [0.25, 0.3) is 0 Å². The molecule has 0 unspecified atom stereocenters. The van der Waals surface area contributed by atoms with Crippen molar-refractivity contribution in [2.75, 3.05) is 11.9 Å². The molecular formula is C15H24N6O. The Morgan fingerprint density at radius 2 is 2.09 bits per heavy atom. The SMILES string of the molecule is Cc1cnn(CCN[C@H](C)C(=O)Nc2ccnn2C(C)C)c1. The monoisotopic (exact) mass is 304 g/mol. The van der Waals surface area contributed by atoms with Gasteiger partial charge in [-0.2, -0.15) is 10.2 Å². The molecule has 7 heteroatoms. The Hall–Kier alpha value is -2.15. The number of hydrogen-bond acceptors (Lipinski definition) is 4. The van der Waals surface area contributed by atoms with E-state index in [0.29, 0.717) is 6.54 Å². The zero-order valence-corrected chi connectivity index (χ0v) is 13.6. The molecule has 2 aromatic heterocycles. The number of anilines is 1. The van der Waals surface area contributed by atoms with Crippen molar-refractivity contribution in [2.24, 2.45) is 0 Å². The third kappa shape index (κ3) is 4.17.